The number of nitrogens with zero attached hydrogens (tertiary/aromatic N) is 3. The molecule has 4 saturated carbocycles. The van der Waals surface area contributed by atoms with Crippen molar-refractivity contribution < 1.29 is 14.3 Å². The van der Waals surface area contributed by atoms with Crippen LogP contribution in [0.1, 0.15) is 44.9 Å². The van der Waals surface area contributed by atoms with Crippen molar-refractivity contribution in [2.24, 2.45) is 23.2 Å². The van der Waals surface area contributed by atoms with E-state index in [9.17, 15) is 4.79 Å². The van der Waals surface area contributed by atoms with Gasteiger partial charge in [0, 0.05) is 25.1 Å². The van der Waals surface area contributed by atoms with Crippen LogP contribution < -0.4 is 9.47 Å². The second-order valence-corrected chi connectivity index (χ2v) is 8.89. The summed E-state index contributed by atoms with van der Waals surface area (Å²) < 4.78 is 11.0. The van der Waals surface area contributed by atoms with Crippen molar-refractivity contribution in [3.63, 3.8) is 0 Å². The first kappa shape index (κ1) is 16.3. The highest BCUT2D eigenvalue weighted by molar-refractivity contribution is 5.83. The molecule has 2 heterocycles. The lowest BCUT2D eigenvalue weighted by Gasteiger charge is -2.56. The molecule has 6 heteroatoms. The number of ether oxygens (including phenoxy) is 2. The Hall–Kier alpha value is -1.85. The number of rotatable bonds is 4. The molecule has 1 aromatic rings. The molecule has 5 fully saturated rings. The molecule has 4 aliphatic carbocycles. The van der Waals surface area contributed by atoms with E-state index in [0.717, 1.165) is 50.0 Å². The number of methoxy groups -OCH3 is 1. The van der Waals surface area contributed by atoms with Gasteiger partial charge in [0.15, 0.2) is 0 Å². The van der Waals surface area contributed by atoms with Crippen molar-refractivity contribution >= 4 is 5.91 Å². The van der Waals surface area contributed by atoms with Gasteiger partial charge in [-0.05, 0) is 56.3 Å². The summed E-state index contributed by atoms with van der Waals surface area (Å²) in [5.74, 6) is 3.78. The highest BCUT2D eigenvalue weighted by Gasteiger charge is 2.56. The molecule has 1 aliphatic heterocycles. The number of carbonyl (C=O) groups is 1. The number of carbonyl (C=O) groups excluding carboxylic acids is 1. The predicted molar refractivity (Wildman–Crippen MR) is 94.8 cm³/mol. The Morgan fingerprint density at radius 2 is 1.69 bits per heavy atom. The first-order chi connectivity index (χ1) is 12.6. The minimum atomic E-state index is -0.0520. The molecule has 1 atom stereocenters. The second-order valence-electron chi connectivity index (χ2n) is 8.89. The fourth-order valence-corrected chi connectivity index (χ4v) is 6.37. The summed E-state index contributed by atoms with van der Waals surface area (Å²) in [6.45, 7) is 1.48. The van der Waals surface area contributed by atoms with Gasteiger partial charge in [-0.3, -0.25) is 4.79 Å². The van der Waals surface area contributed by atoms with E-state index in [0.29, 0.717) is 24.2 Å². The molecule has 140 valence electrons. The third-order valence-electron chi connectivity index (χ3n) is 7.04. The lowest BCUT2D eigenvalue weighted by molar-refractivity contribution is -0.156. The van der Waals surface area contributed by atoms with E-state index in [4.69, 9.17) is 9.47 Å². The Morgan fingerprint density at radius 3 is 2.27 bits per heavy atom. The molecule has 0 radical (unpaired) electrons. The molecule has 6 nitrogen and oxygen atoms in total. The van der Waals surface area contributed by atoms with Gasteiger partial charge in [-0.25, -0.2) is 0 Å². The third kappa shape index (κ3) is 2.74. The normalized spacial score (nSPS) is 37.8. The molecule has 1 amide bonds. The highest BCUT2D eigenvalue weighted by Crippen LogP contribution is 2.60. The van der Waals surface area contributed by atoms with Crippen LogP contribution in [0.4, 0.5) is 0 Å². The van der Waals surface area contributed by atoms with Gasteiger partial charge in [0.1, 0.15) is 6.10 Å². The van der Waals surface area contributed by atoms with Crippen molar-refractivity contribution in [3.05, 3.63) is 12.1 Å². The molecule has 1 saturated heterocycles. The zero-order valence-corrected chi connectivity index (χ0v) is 15.4. The third-order valence-corrected chi connectivity index (χ3v) is 7.04. The largest absolute Gasteiger partial charge is 0.480 e. The van der Waals surface area contributed by atoms with Gasteiger partial charge in [-0.15, -0.1) is 10.2 Å². The molecular formula is C20H27N3O3. The Labute approximate surface area is 154 Å². The van der Waals surface area contributed by atoms with Crippen LogP contribution in [0, 0.1) is 23.2 Å². The van der Waals surface area contributed by atoms with Crippen LogP contribution >= 0.6 is 0 Å². The minimum Gasteiger partial charge on any atom is -0.480 e. The quantitative estimate of drug-likeness (QED) is 0.829. The van der Waals surface area contributed by atoms with E-state index in [2.05, 4.69) is 15.1 Å². The Bertz CT molecular complexity index is 655. The monoisotopic (exact) mass is 357 g/mol. The van der Waals surface area contributed by atoms with E-state index in [1.165, 1.54) is 19.3 Å². The molecular weight excluding hydrogens is 330 g/mol. The topological polar surface area (TPSA) is 64.6 Å². The molecule has 0 N–H and O–H groups in total. The van der Waals surface area contributed by atoms with Gasteiger partial charge in [0.25, 0.3) is 0 Å². The zero-order valence-electron chi connectivity index (χ0n) is 15.4. The van der Waals surface area contributed by atoms with Crippen LogP contribution in [-0.4, -0.2) is 47.3 Å². The number of aromatic nitrogens is 2. The summed E-state index contributed by atoms with van der Waals surface area (Å²) in [7, 11) is 1.56. The van der Waals surface area contributed by atoms with E-state index < -0.39 is 0 Å². The molecule has 0 spiro atoms. The smallest absolute Gasteiger partial charge is 0.233 e. The number of amides is 1. The van der Waals surface area contributed by atoms with Gasteiger partial charge in [-0.1, -0.05) is 0 Å². The molecule has 1 aromatic heterocycles. The first-order valence-corrected chi connectivity index (χ1v) is 9.97. The maximum absolute atomic E-state index is 13.4. The summed E-state index contributed by atoms with van der Waals surface area (Å²) >= 11 is 0. The predicted octanol–water partition coefficient (Wildman–Crippen LogP) is 2.68. The van der Waals surface area contributed by atoms with Crippen LogP contribution in [0.15, 0.2) is 12.1 Å². The average molecular weight is 357 g/mol. The van der Waals surface area contributed by atoms with Gasteiger partial charge >= 0.3 is 0 Å². The summed E-state index contributed by atoms with van der Waals surface area (Å²) in [5, 5.41) is 7.98. The second kappa shape index (κ2) is 6.10. The number of hydrogen-bond donors (Lipinski definition) is 0. The molecule has 6 rings (SSSR count). The van der Waals surface area contributed by atoms with Gasteiger partial charge in [0.2, 0.25) is 17.7 Å². The van der Waals surface area contributed by atoms with Crippen molar-refractivity contribution in [1.82, 2.24) is 15.1 Å². The van der Waals surface area contributed by atoms with E-state index in [1.54, 1.807) is 19.2 Å². The van der Waals surface area contributed by atoms with Gasteiger partial charge < -0.3 is 14.4 Å². The maximum Gasteiger partial charge on any atom is 0.233 e. The highest BCUT2D eigenvalue weighted by atomic mass is 16.5. The molecule has 26 heavy (non-hydrogen) atoms. The van der Waals surface area contributed by atoms with Crippen molar-refractivity contribution in [1.29, 1.82) is 0 Å². The Kier molecular flexibility index (Phi) is 3.83. The zero-order chi connectivity index (χ0) is 17.7. The Balaban J connectivity index is 1.23. The van der Waals surface area contributed by atoms with E-state index in [-0.39, 0.29) is 11.5 Å². The number of hydrogen-bond acceptors (Lipinski definition) is 5. The molecule has 1 unspecified atom stereocenters. The standard InChI is InChI=1S/C20H27N3O3/c1-25-17-2-3-18(22-21-17)26-16-4-5-23(12-16)19(24)20-9-13-6-14(10-20)8-15(7-13)11-20/h2-3,13-16H,4-12H2,1H3. The van der Waals surface area contributed by atoms with Crippen molar-refractivity contribution in [2.45, 2.75) is 51.0 Å². The lowest BCUT2D eigenvalue weighted by Crippen LogP contribution is -2.54. The fraction of sp³-hybridized carbons (Fsp3) is 0.750. The average Bonchev–Trinajstić information content (AvgIpc) is 3.09. The van der Waals surface area contributed by atoms with E-state index >= 15 is 0 Å². The molecule has 0 aromatic carbocycles. The minimum absolute atomic E-state index is 0.00978. The van der Waals surface area contributed by atoms with Crippen LogP contribution in [0.25, 0.3) is 0 Å². The summed E-state index contributed by atoms with van der Waals surface area (Å²) in [5.41, 5.74) is -0.0520. The first-order valence-electron chi connectivity index (χ1n) is 9.97. The van der Waals surface area contributed by atoms with Crippen LogP contribution in [0.5, 0.6) is 11.8 Å². The molecule has 5 aliphatic rings. The van der Waals surface area contributed by atoms with Crippen molar-refractivity contribution in [2.75, 3.05) is 20.2 Å². The summed E-state index contributed by atoms with van der Waals surface area (Å²) in [6, 6.07) is 3.52. The van der Waals surface area contributed by atoms with Crippen LogP contribution in [-0.2, 0) is 4.79 Å². The Morgan fingerprint density at radius 1 is 1.08 bits per heavy atom. The summed E-state index contributed by atoms with van der Waals surface area (Å²) in [6.07, 6.45) is 8.37. The fourth-order valence-electron chi connectivity index (χ4n) is 6.37. The van der Waals surface area contributed by atoms with Crippen LogP contribution in [0.3, 0.4) is 0 Å². The van der Waals surface area contributed by atoms with Gasteiger partial charge in [0.05, 0.1) is 19.1 Å². The van der Waals surface area contributed by atoms with E-state index in [1.807, 2.05) is 0 Å². The SMILES string of the molecule is COc1ccc(OC2CCN(C(=O)C34CC5CC(CC(C5)C3)C4)C2)nn1. The summed E-state index contributed by atoms with van der Waals surface area (Å²) in [4.78, 5) is 15.5. The molecule has 4 bridgehead atoms. The number of likely N-dealkylation sites (tertiary alicyclic amines) is 1. The maximum atomic E-state index is 13.4. The van der Waals surface area contributed by atoms with Gasteiger partial charge in [-0.2, -0.15) is 0 Å². The van der Waals surface area contributed by atoms with Crippen molar-refractivity contribution in [3.8, 4) is 11.8 Å². The lowest BCUT2D eigenvalue weighted by atomic mass is 9.49. The van der Waals surface area contributed by atoms with Crippen LogP contribution in [0.2, 0.25) is 0 Å².